The minimum absolute atomic E-state index is 0.476. The number of halogens is 1. The van der Waals surface area contributed by atoms with Crippen LogP contribution in [-0.4, -0.2) is 17.6 Å². The third-order valence-corrected chi connectivity index (χ3v) is 1.89. The maximum atomic E-state index is 5.47. The van der Waals surface area contributed by atoms with Gasteiger partial charge in [-0.1, -0.05) is 0 Å². The first kappa shape index (κ1) is 12.1. The average molecular weight is 244 g/mol. The van der Waals surface area contributed by atoms with Gasteiger partial charge in [-0.2, -0.15) is 9.88 Å². The van der Waals surface area contributed by atoms with Gasteiger partial charge in [-0.3, -0.25) is 0 Å². The molecule has 0 aliphatic heterocycles. The van der Waals surface area contributed by atoms with Crippen LogP contribution in [0.1, 0.15) is 6.42 Å². The predicted octanol–water partition coefficient (Wildman–Crippen LogP) is 3.36. The Bertz CT molecular complexity index is 336. The van der Waals surface area contributed by atoms with E-state index in [9.17, 15) is 0 Å². The second-order valence-corrected chi connectivity index (χ2v) is 3.21. The quantitative estimate of drug-likeness (QED) is 0.192. The zero-order chi connectivity index (χ0) is 10.9. The van der Waals surface area contributed by atoms with E-state index in [-0.39, 0.29) is 0 Å². The second-order valence-electron chi connectivity index (χ2n) is 2.64. The van der Waals surface area contributed by atoms with Crippen LogP contribution in [0.15, 0.2) is 29.3 Å². The maximum absolute atomic E-state index is 5.47. The van der Waals surface area contributed by atoms with Crippen LogP contribution >= 0.6 is 23.8 Å². The first-order valence-electron chi connectivity index (χ1n) is 4.40. The highest BCUT2D eigenvalue weighted by Crippen LogP contribution is 2.17. The highest BCUT2D eigenvalue weighted by atomic mass is 35.5. The molecule has 0 saturated heterocycles. The molecule has 80 valence electrons. The third-order valence-electron chi connectivity index (χ3n) is 1.53. The Morgan fingerprint density at radius 1 is 1.33 bits per heavy atom. The lowest BCUT2D eigenvalue weighted by Crippen LogP contribution is -1.99. The molecule has 5 heteroatoms. The molecular weight excluding hydrogens is 234 g/mol. The molecule has 1 aromatic rings. The number of rotatable bonds is 6. The normalized spacial score (nSPS) is 9.40. The van der Waals surface area contributed by atoms with Crippen molar-refractivity contribution in [3.8, 4) is 5.75 Å². The maximum Gasteiger partial charge on any atom is 0.165 e. The zero-order valence-corrected chi connectivity index (χ0v) is 9.55. The Kier molecular flexibility index (Phi) is 5.97. The number of isothiocyanates is 1. The highest BCUT2D eigenvalue weighted by molar-refractivity contribution is 7.78. The SMILES string of the molecule is S=C=Nc1ccc(OOCCCCl)cc1. The van der Waals surface area contributed by atoms with Gasteiger partial charge in [0.2, 0.25) is 0 Å². The van der Waals surface area contributed by atoms with Crippen molar-refractivity contribution in [2.24, 2.45) is 4.99 Å². The molecular formula is C10H10ClNO2S. The summed E-state index contributed by atoms with van der Waals surface area (Å²) in [5, 5.41) is 2.28. The largest absolute Gasteiger partial charge is 0.338 e. The molecule has 0 N–H and O–H groups in total. The molecule has 0 radical (unpaired) electrons. The van der Waals surface area contributed by atoms with Crippen molar-refractivity contribution >= 4 is 34.7 Å². The number of thiocarbonyl (C=S) groups is 1. The topological polar surface area (TPSA) is 30.8 Å². The van der Waals surface area contributed by atoms with Crippen molar-refractivity contribution < 1.29 is 9.78 Å². The van der Waals surface area contributed by atoms with E-state index in [0.29, 0.717) is 18.2 Å². The van der Waals surface area contributed by atoms with Crippen LogP contribution in [-0.2, 0) is 4.89 Å². The molecule has 1 rings (SSSR count). The van der Waals surface area contributed by atoms with Gasteiger partial charge >= 0.3 is 0 Å². The molecule has 15 heavy (non-hydrogen) atoms. The van der Waals surface area contributed by atoms with Crippen molar-refractivity contribution in [1.82, 2.24) is 0 Å². The van der Waals surface area contributed by atoms with Crippen LogP contribution in [0.4, 0.5) is 5.69 Å². The lowest BCUT2D eigenvalue weighted by atomic mass is 10.3. The predicted molar refractivity (Wildman–Crippen MR) is 63.0 cm³/mol. The summed E-state index contributed by atoms with van der Waals surface area (Å²) in [4.78, 5) is 13.7. The molecule has 0 aliphatic rings. The fourth-order valence-corrected chi connectivity index (χ4v) is 1.07. The summed E-state index contributed by atoms with van der Waals surface area (Å²) < 4.78 is 0. The second kappa shape index (κ2) is 7.37. The molecule has 0 heterocycles. The number of alkyl halides is 1. The smallest absolute Gasteiger partial charge is 0.165 e. The molecule has 1 aromatic carbocycles. The molecule has 0 amide bonds. The number of nitrogens with zero attached hydrogens (tertiary/aromatic N) is 1. The fraction of sp³-hybridized carbons (Fsp3) is 0.300. The van der Waals surface area contributed by atoms with E-state index in [1.165, 1.54) is 0 Å². The number of hydrogen-bond donors (Lipinski definition) is 0. The summed E-state index contributed by atoms with van der Waals surface area (Å²) in [6, 6.07) is 7.01. The van der Waals surface area contributed by atoms with E-state index >= 15 is 0 Å². The molecule has 0 aromatic heterocycles. The van der Waals surface area contributed by atoms with Crippen molar-refractivity contribution in [2.75, 3.05) is 12.5 Å². The van der Waals surface area contributed by atoms with Crippen LogP contribution in [0.5, 0.6) is 5.75 Å². The minimum atomic E-state index is 0.476. The Hall–Kier alpha value is -0.930. The van der Waals surface area contributed by atoms with Gasteiger partial charge in [0.15, 0.2) is 5.75 Å². The Balaban J connectivity index is 2.39. The van der Waals surface area contributed by atoms with E-state index in [1.807, 2.05) is 0 Å². The fourth-order valence-electron chi connectivity index (χ4n) is 0.852. The van der Waals surface area contributed by atoms with Crippen LogP contribution in [0.2, 0.25) is 0 Å². The molecule has 0 saturated carbocycles. The van der Waals surface area contributed by atoms with E-state index in [1.54, 1.807) is 24.3 Å². The summed E-state index contributed by atoms with van der Waals surface area (Å²) in [6.07, 6.45) is 0.759. The molecule has 0 aliphatic carbocycles. The van der Waals surface area contributed by atoms with Crippen LogP contribution < -0.4 is 4.89 Å². The van der Waals surface area contributed by atoms with Gasteiger partial charge in [-0.05, 0) is 42.9 Å². The summed E-state index contributed by atoms with van der Waals surface area (Å²) >= 11 is 9.95. The minimum Gasteiger partial charge on any atom is -0.338 e. The standard InChI is InChI=1S/C10H10ClNO2S/c11-6-1-7-13-14-10-4-2-9(3-5-10)12-8-15/h2-5H,1,6-7H2. The third kappa shape index (κ3) is 4.91. The van der Waals surface area contributed by atoms with Crippen molar-refractivity contribution in [2.45, 2.75) is 6.42 Å². The summed E-state index contributed by atoms with van der Waals surface area (Å²) in [5.41, 5.74) is 0.734. The van der Waals surface area contributed by atoms with E-state index in [4.69, 9.17) is 21.4 Å². The first-order valence-corrected chi connectivity index (χ1v) is 5.34. The van der Waals surface area contributed by atoms with E-state index in [0.717, 1.165) is 12.1 Å². The number of benzene rings is 1. The molecule has 0 unspecified atom stereocenters. The van der Waals surface area contributed by atoms with Gasteiger partial charge in [-0.15, -0.1) is 11.6 Å². The lowest BCUT2D eigenvalue weighted by Gasteiger charge is -2.03. The van der Waals surface area contributed by atoms with Crippen LogP contribution in [0.25, 0.3) is 0 Å². The van der Waals surface area contributed by atoms with Gasteiger partial charge in [0, 0.05) is 5.88 Å². The van der Waals surface area contributed by atoms with Crippen molar-refractivity contribution in [3.63, 3.8) is 0 Å². The Morgan fingerprint density at radius 2 is 2.07 bits per heavy atom. The van der Waals surface area contributed by atoms with Crippen molar-refractivity contribution in [3.05, 3.63) is 24.3 Å². The highest BCUT2D eigenvalue weighted by Gasteiger charge is 1.95. The van der Waals surface area contributed by atoms with Crippen LogP contribution in [0.3, 0.4) is 0 Å². The van der Waals surface area contributed by atoms with Gasteiger partial charge in [0.25, 0.3) is 0 Å². The molecule has 0 atom stereocenters. The van der Waals surface area contributed by atoms with Crippen LogP contribution in [0, 0.1) is 0 Å². The zero-order valence-electron chi connectivity index (χ0n) is 7.98. The van der Waals surface area contributed by atoms with Gasteiger partial charge in [0.05, 0.1) is 17.5 Å². The molecule has 0 fully saturated rings. The first-order chi connectivity index (χ1) is 7.36. The van der Waals surface area contributed by atoms with Gasteiger partial charge in [0.1, 0.15) is 0 Å². The molecule has 0 bridgehead atoms. The monoisotopic (exact) mass is 243 g/mol. The average Bonchev–Trinajstić information content (AvgIpc) is 2.27. The van der Waals surface area contributed by atoms with Gasteiger partial charge in [-0.25, -0.2) is 0 Å². The number of aliphatic imine (C=N–C) groups is 1. The van der Waals surface area contributed by atoms with Crippen molar-refractivity contribution in [1.29, 1.82) is 0 Å². The molecule has 3 nitrogen and oxygen atoms in total. The van der Waals surface area contributed by atoms with Gasteiger partial charge < -0.3 is 4.89 Å². The number of hydrogen-bond acceptors (Lipinski definition) is 4. The summed E-state index contributed by atoms with van der Waals surface area (Å²) in [5.74, 6) is 1.18. The Morgan fingerprint density at radius 3 is 2.67 bits per heavy atom. The lowest BCUT2D eigenvalue weighted by molar-refractivity contribution is -0.206. The van der Waals surface area contributed by atoms with E-state index in [2.05, 4.69) is 22.4 Å². The molecule has 0 spiro atoms. The van der Waals surface area contributed by atoms with E-state index < -0.39 is 0 Å². The summed E-state index contributed by atoms with van der Waals surface area (Å²) in [6.45, 7) is 0.476. The summed E-state index contributed by atoms with van der Waals surface area (Å²) in [7, 11) is 0. The Labute approximate surface area is 98.6 Å².